The molecule has 0 bridgehead atoms. The average Bonchev–Trinajstić information content (AvgIpc) is 2.88. The van der Waals surface area contributed by atoms with Gasteiger partial charge in [0.2, 0.25) is 5.91 Å². The molecule has 3 nitrogen and oxygen atoms in total. The zero-order chi connectivity index (χ0) is 14.2. The molecule has 2 fully saturated rings. The molecule has 2 N–H and O–H groups in total. The lowest BCUT2D eigenvalue weighted by atomic mass is 9.67. The monoisotopic (exact) mass is 276 g/mol. The summed E-state index contributed by atoms with van der Waals surface area (Å²) in [4.78, 5) is 12.7. The van der Waals surface area contributed by atoms with E-state index in [0.29, 0.717) is 17.2 Å². The molecule has 3 rings (SSSR count). The van der Waals surface area contributed by atoms with Gasteiger partial charge in [0.1, 0.15) is 5.82 Å². The summed E-state index contributed by atoms with van der Waals surface area (Å²) in [6.45, 7) is 3.39. The second kappa shape index (κ2) is 5.17. The molecule has 2 aliphatic rings. The molecule has 1 amide bonds. The molecule has 4 heteroatoms. The third-order valence-corrected chi connectivity index (χ3v) is 4.92. The highest BCUT2D eigenvalue weighted by Gasteiger charge is 2.49. The van der Waals surface area contributed by atoms with E-state index in [1.807, 2.05) is 0 Å². The van der Waals surface area contributed by atoms with Crippen LogP contribution in [0.1, 0.15) is 31.2 Å². The van der Waals surface area contributed by atoms with Crippen LogP contribution in [0.2, 0.25) is 0 Å². The number of benzene rings is 1. The summed E-state index contributed by atoms with van der Waals surface area (Å²) in [5.74, 6) is 0.201. The van der Waals surface area contributed by atoms with Crippen molar-refractivity contribution < 1.29 is 9.18 Å². The lowest BCUT2D eigenvalue weighted by Gasteiger charge is -2.37. The highest BCUT2D eigenvalue weighted by molar-refractivity contribution is 5.96. The quantitative estimate of drug-likeness (QED) is 0.872. The van der Waals surface area contributed by atoms with Gasteiger partial charge in [-0.15, -0.1) is 0 Å². The largest absolute Gasteiger partial charge is 0.325 e. The average molecular weight is 276 g/mol. The Morgan fingerprint density at radius 1 is 1.45 bits per heavy atom. The molecule has 1 aromatic rings. The van der Waals surface area contributed by atoms with Gasteiger partial charge in [0.25, 0.3) is 0 Å². The molecular weight excluding hydrogens is 255 g/mol. The highest BCUT2D eigenvalue weighted by Crippen LogP contribution is 2.44. The third kappa shape index (κ3) is 2.22. The Hall–Kier alpha value is -1.42. The molecular formula is C16H21FN2O. The first-order valence-electron chi connectivity index (χ1n) is 7.40. The zero-order valence-electron chi connectivity index (χ0n) is 11.8. The van der Waals surface area contributed by atoms with Crippen molar-refractivity contribution in [3.8, 4) is 0 Å². The van der Waals surface area contributed by atoms with E-state index in [4.69, 9.17) is 0 Å². The predicted octanol–water partition coefficient (Wildman–Crippen LogP) is 2.85. The van der Waals surface area contributed by atoms with Crippen LogP contribution in [-0.2, 0) is 4.79 Å². The minimum Gasteiger partial charge on any atom is -0.325 e. The topological polar surface area (TPSA) is 41.1 Å². The number of hydrogen-bond acceptors (Lipinski definition) is 2. The van der Waals surface area contributed by atoms with Gasteiger partial charge in [-0.05, 0) is 49.9 Å². The SMILES string of the molecule is Cc1ccc(NC(=O)[C@@]23CCCC[C@H]2CNC3)cc1F. The smallest absolute Gasteiger partial charge is 0.232 e. The Kier molecular flexibility index (Phi) is 3.50. The summed E-state index contributed by atoms with van der Waals surface area (Å²) < 4.78 is 13.6. The number of hydrogen-bond donors (Lipinski definition) is 2. The second-order valence-electron chi connectivity index (χ2n) is 6.15. The predicted molar refractivity (Wildman–Crippen MR) is 77.0 cm³/mol. The van der Waals surface area contributed by atoms with Gasteiger partial charge < -0.3 is 10.6 Å². The lowest BCUT2D eigenvalue weighted by Crippen LogP contribution is -2.44. The molecule has 1 saturated carbocycles. The van der Waals surface area contributed by atoms with E-state index in [-0.39, 0.29) is 17.1 Å². The van der Waals surface area contributed by atoms with Gasteiger partial charge >= 0.3 is 0 Å². The van der Waals surface area contributed by atoms with Crippen molar-refractivity contribution in [2.45, 2.75) is 32.6 Å². The van der Waals surface area contributed by atoms with Gasteiger partial charge in [-0.2, -0.15) is 0 Å². The second-order valence-corrected chi connectivity index (χ2v) is 6.15. The van der Waals surface area contributed by atoms with Crippen LogP contribution in [-0.4, -0.2) is 19.0 Å². The van der Waals surface area contributed by atoms with E-state index in [2.05, 4.69) is 10.6 Å². The summed E-state index contributed by atoms with van der Waals surface area (Å²) >= 11 is 0. The van der Waals surface area contributed by atoms with E-state index in [0.717, 1.165) is 32.4 Å². The first-order chi connectivity index (χ1) is 9.62. The number of anilines is 1. The minimum atomic E-state index is -0.292. The fourth-order valence-corrected chi connectivity index (χ4v) is 3.62. The van der Waals surface area contributed by atoms with Gasteiger partial charge in [-0.3, -0.25) is 4.79 Å². The summed E-state index contributed by atoms with van der Waals surface area (Å²) in [7, 11) is 0. The van der Waals surface area contributed by atoms with Crippen molar-refractivity contribution >= 4 is 11.6 Å². The minimum absolute atomic E-state index is 0.0513. The standard InChI is InChI=1S/C16H21FN2O/c1-11-5-6-13(8-14(11)17)19-15(20)16-7-3-2-4-12(16)9-18-10-16/h5-6,8,12,18H,2-4,7,9-10H2,1H3,(H,19,20)/t12-,16+/m0/s1. The molecule has 0 unspecified atom stereocenters. The van der Waals surface area contributed by atoms with E-state index in [1.165, 1.54) is 12.5 Å². The maximum Gasteiger partial charge on any atom is 0.232 e. The number of fused-ring (bicyclic) bond motifs is 1. The van der Waals surface area contributed by atoms with Gasteiger partial charge in [0.05, 0.1) is 5.41 Å². The zero-order valence-corrected chi connectivity index (χ0v) is 11.8. The highest BCUT2D eigenvalue weighted by atomic mass is 19.1. The fourth-order valence-electron chi connectivity index (χ4n) is 3.62. The van der Waals surface area contributed by atoms with Gasteiger partial charge in [0, 0.05) is 12.2 Å². The molecule has 0 aromatic heterocycles. The Morgan fingerprint density at radius 2 is 2.30 bits per heavy atom. The molecule has 1 aliphatic carbocycles. The van der Waals surface area contributed by atoms with Crippen LogP contribution in [0.5, 0.6) is 0 Å². The summed E-state index contributed by atoms with van der Waals surface area (Å²) in [5, 5.41) is 6.28. The number of aryl methyl sites for hydroxylation is 1. The van der Waals surface area contributed by atoms with Crippen molar-refractivity contribution in [3.63, 3.8) is 0 Å². The van der Waals surface area contributed by atoms with E-state index in [1.54, 1.807) is 19.1 Å². The van der Waals surface area contributed by atoms with Crippen LogP contribution >= 0.6 is 0 Å². The van der Waals surface area contributed by atoms with Crippen molar-refractivity contribution in [2.75, 3.05) is 18.4 Å². The Bertz CT molecular complexity index is 531. The number of halogens is 1. The Balaban J connectivity index is 1.79. The van der Waals surface area contributed by atoms with Crippen molar-refractivity contribution in [1.82, 2.24) is 5.32 Å². The maximum absolute atomic E-state index is 13.6. The van der Waals surface area contributed by atoms with E-state index < -0.39 is 0 Å². The van der Waals surface area contributed by atoms with Crippen LogP contribution in [0, 0.1) is 24.1 Å². The van der Waals surface area contributed by atoms with Gasteiger partial charge in [0.15, 0.2) is 0 Å². The van der Waals surface area contributed by atoms with E-state index in [9.17, 15) is 9.18 Å². The molecule has 1 heterocycles. The van der Waals surface area contributed by atoms with Gasteiger partial charge in [-0.25, -0.2) is 4.39 Å². The third-order valence-electron chi connectivity index (χ3n) is 4.92. The first kappa shape index (κ1) is 13.6. The molecule has 0 radical (unpaired) electrons. The fraction of sp³-hybridized carbons (Fsp3) is 0.562. The van der Waals surface area contributed by atoms with Crippen LogP contribution in [0.25, 0.3) is 0 Å². The lowest BCUT2D eigenvalue weighted by molar-refractivity contribution is -0.128. The maximum atomic E-state index is 13.6. The van der Waals surface area contributed by atoms with Gasteiger partial charge in [-0.1, -0.05) is 18.9 Å². The molecule has 1 aliphatic heterocycles. The number of carbonyl (C=O) groups is 1. The Morgan fingerprint density at radius 3 is 3.10 bits per heavy atom. The number of carbonyl (C=O) groups excluding carboxylic acids is 1. The van der Waals surface area contributed by atoms with Crippen molar-refractivity contribution in [2.24, 2.45) is 11.3 Å². The van der Waals surface area contributed by atoms with E-state index >= 15 is 0 Å². The number of amides is 1. The number of nitrogens with one attached hydrogen (secondary N) is 2. The van der Waals surface area contributed by atoms with Crippen LogP contribution in [0.4, 0.5) is 10.1 Å². The Labute approximate surface area is 118 Å². The van der Waals surface area contributed by atoms with Crippen molar-refractivity contribution in [1.29, 1.82) is 0 Å². The van der Waals surface area contributed by atoms with Crippen LogP contribution in [0.15, 0.2) is 18.2 Å². The molecule has 2 atom stereocenters. The molecule has 1 aromatic carbocycles. The van der Waals surface area contributed by atoms with Crippen LogP contribution < -0.4 is 10.6 Å². The molecule has 20 heavy (non-hydrogen) atoms. The summed E-state index contributed by atoms with van der Waals surface area (Å²) in [6, 6.07) is 4.88. The first-order valence-corrected chi connectivity index (χ1v) is 7.40. The van der Waals surface area contributed by atoms with Crippen molar-refractivity contribution in [3.05, 3.63) is 29.6 Å². The molecule has 0 spiro atoms. The van der Waals surface area contributed by atoms with Crippen LogP contribution in [0.3, 0.4) is 0 Å². The normalized spacial score (nSPS) is 29.0. The summed E-state index contributed by atoms with van der Waals surface area (Å²) in [5.41, 5.74) is 0.863. The summed E-state index contributed by atoms with van der Waals surface area (Å²) in [6.07, 6.45) is 4.36. The number of rotatable bonds is 2. The molecule has 1 saturated heterocycles. The molecule has 108 valence electrons.